The molecule has 1 aromatic rings. The number of benzene rings is 1. The van der Waals surface area contributed by atoms with E-state index < -0.39 is 11.8 Å². The number of morpholine rings is 1. The van der Waals surface area contributed by atoms with Crippen LogP contribution in [0.5, 0.6) is 0 Å². The van der Waals surface area contributed by atoms with E-state index in [0.29, 0.717) is 32.0 Å². The Labute approximate surface area is 130 Å². The van der Waals surface area contributed by atoms with Crippen LogP contribution >= 0.6 is 0 Å². The normalized spacial score (nSPS) is 18.4. The quantitative estimate of drug-likeness (QED) is 0.831. The van der Waals surface area contributed by atoms with Gasteiger partial charge in [-0.1, -0.05) is 0 Å². The Morgan fingerprint density at radius 1 is 0.955 bits per heavy atom. The van der Waals surface area contributed by atoms with Gasteiger partial charge < -0.3 is 19.9 Å². The van der Waals surface area contributed by atoms with E-state index in [0.717, 1.165) is 18.8 Å². The van der Waals surface area contributed by atoms with Crippen LogP contribution in [-0.4, -0.2) is 56.1 Å². The molecule has 2 aliphatic heterocycles. The number of carbonyl (C=O) groups is 2. The molecule has 118 valence electrons. The highest BCUT2D eigenvalue weighted by Gasteiger charge is 2.23. The fraction of sp³-hybridized carbons (Fsp3) is 0.500. The van der Waals surface area contributed by atoms with Gasteiger partial charge in [0.25, 0.3) is 0 Å². The number of carbonyl (C=O) groups excluding carboxylic acids is 2. The van der Waals surface area contributed by atoms with Crippen molar-refractivity contribution in [1.82, 2.24) is 4.90 Å². The maximum atomic E-state index is 12.0. The molecular formula is C16H21N3O3. The van der Waals surface area contributed by atoms with Gasteiger partial charge in [-0.2, -0.15) is 0 Å². The molecule has 6 heteroatoms. The van der Waals surface area contributed by atoms with Crippen LogP contribution in [0.4, 0.5) is 11.4 Å². The van der Waals surface area contributed by atoms with Crippen molar-refractivity contribution in [3.8, 4) is 0 Å². The predicted molar refractivity (Wildman–Crippen MR) is 83.9 cm³/mol. The molecule has 0 atom stereocenters. The van der Waals surface area contributed by atoms with Crippen molar-refractivity contribution in [2.45, 2.75) is 12.8 Å². The maximum absolute atomic E-state index is 12.0. The van der Waals surface area contributed by atoms with Gasteiger partial charge in [-0.3, -0.25) is 9.59 Å². The number of anilines is 2. The molecule has 0 aromatic heterocycles. The topological polar surface area (TPSA) is 61.9 Å². The Morgan fingerprint density at radius 2 is 1.59 bits per heavy atom. The molecule has 3 rings (SSSR count). The molecule has 2 aliphatic rings. The third-order valence-corrected chi connectivity index (χ3v) is 4.09. The zero-order chi connectivity index (χ0) is 15.4. The van der Waals surface area contributed by atoms with Crippen LogP contribution in [0.3, 0.4) is 0 Å². The smallest absolute Gasteiger partial charge is 0.313 e. The van der Waals surface area contributed by atoms with Crippen LogP contribution in [0.15, 0.2) is 24.3 Å². The van der Waals surface area contributed by atoms with Gasteiger partial charge in [0.2, 0.25) is 0 Å². The molecule has 2 heterocycles. The fourth-order valence-electron chi connectivity index (χ4n) is 2.83. The third-order valence-electron chi connectivity index (χ3n) is 4.09. The van der Waals surface area contributed by atoms with Crippen LogP contribution in [0.1, 0.15) is 12.8 Å². The summed E-state index contributed by atoms with van der Waals surface area (Å²) >= 11 is 0. The lowest BCUT2D eigenvalue weighted by molar-refractivity contribution is -0.145. The SMILES string of the molecule is O=C(Nc1ccc(N2CCCC2)cc1)C(=O)N1CCOCC1. The van der Waals surface area contributed by atoms with Gasteiger partial charge >= 0.3 is 11.8 Å². The average Bonchev–Trinajstić information content (AvgIpc) is 3.10. The van der Waals surface area contributed by atoms with Gasteiger partial charge in [-0.05, 0) is 37.1 Å². The van der Waals surface area contributed by atoms with Crippen molar-refractivity contribution in [3.63, 3.8) is 0 Å². The molecular weight excluding hydrogens is 282 g/mol. The molecule has 1 aromatic carbocycles. The van der Waals surface area contributed by atoms with Crippen molar-refractivity contribution < 1.29 is 14.3 Å². The Kier molecular flexibility index (Phi) is 4.58. The number of amides is 2. The molecule has 6 nitrogen and oxygen atoms in total. The lowest BCUT2D eigenvalue weighted by Crippen LogP contribution is -2.45. The molecule has 2 fully saturated rings. The summed E-state index contributed by atoms with van der Waals surface area (Å²) < 4.78 is 5.18. The first-order valence-electron chi connectivity index (χ1n) is 7.77. The molecule has 0 aliphatic carbocycles. The summed E-state index contributed by atoms with van der Waals surface area (Å²) in [5, 5.41) is 2.67. The van der Waals surface area contributed by atoms with Crippen molar-refractivity contribution in [3.05, 3.63) is 24.3 Å². The van der Waals surface area contributed by atoms with Crippen LogP contribution in [0, 0.1) is 0 Å². The molecule has 0 saturated carbocycles. The summed E-state index contributed by atoms with van der Waals surface area (Å²) in [6, 6.07) is 7.66. The monoisotopic (exact) mass is 303 g/mol. The van der Waals surface area contributed by atoms with E-state index in [1.165, 1.54) is 17.7 Å². The molecule has 2 amide bonds. The minimum Gasteiger partial charge on any atom is -0.378 e. The van der Waals surface area contributed by atoms with Crippen LogP contribution in [0.25, 0.3) is 0 Å². The number of hydrogen-bond donors (Lipinski definition) is 1. The van der Waals surface area contributed by atoms with Crippen molar-refractivity contribution in [2.24, 2.45) is 0 Å². The second-order valence-corrected chi connectivity index (χ2v) is 5.60. The number of rotatable bonds is 2. The summed E-state index contributed by atoms with van der Waals surface area (Å²) in [6.45, 7) is 4.09. The summed E-state index contributed by atoms with van der Waals surface area (Å²) in [6.07, 6.45) is 2.46. The second kappa shape index (κ2) is 6.79. The first kappa shape index (κ1) is 14.8. The molecule has 1 N–H and O–H groups in total. The average molecular weight is 303 g/mol. The number of hydrogen-bond acceptors (Lipinski definition) is 4. The van der Waals surface area contributed by atoms with E-state index in [4.69, 9.17) is 4.74 Å². The van der Waals surface area contributed by atoms with Crippen molar-refractivity contribution >= 4 is 23.2 Å². The van der Waals surface area contributed by atoms with Crippen molar-refractivity contribution in [2.75, 3.05) is 49.6 Å². The Morgan fingerprint density at radius 3 is 2.23 bits per heavy atom. The van der Waals surface area contributed by atoms with E-state index in [1.54, 1.807) is 0 Å². The highest BCUT2D eigenvalue weighted by atomic mass is 16.5. The van der Waals surface area contributed by atoms with E-state index in [2.05, 4.69) is 10.2 Å². The highest BCUT2D eigenvalue weighted by molar-refractivity contribution is 6.39. The first-order chi connectivity index (χ1) is 10.7. The minimum absolute atomic E-state index is 0.472. The van der Waals surface area contributed by atoms with Crippen LogP contribution in [0.2, 0.25) is 0 Å². The number of nitrogens with zero attached hydrogens (tertiary/aromatic N) is 2. The van der Waals surface area contributed by atoms with Crippen LogP contribution < -0.4 is 10.2 Å². The molecule has 0 radical (unpaired) electrons. The fourth-order valence-corrected chi connectivity index (χ4v) is 2.83. The van der Waals surface area contributed by atoms with Gasteiger partial charge in [0.05, 0.1) is 13.2 Å². The van der Waals surface area contributed by atoms with Gasteiger partial charge in [-0.15, -0.1) is 0 Å². The maximum Gasteiger partial charge on any atom is 0.313 e. The van der Waals surface area contributed by atoms with Crippen LogP contribution in [-0.2, 0) is 14.3 Å². The molecule has 2 saturated heterocycles. The first-order valence-corrected chi connectivity index (χ1v) is 7.77. The largest absolute Gasteiger partial charge is 0.378 e. The predicted octanol–water partition coefficient (Wildman–Crippen LogP) is 1.08. The molecule has 0 unspecified atom stereocenters. The van der Waals surface area contributed by atoms with Gasteiger partial charge in [0.1, 0.15) is 0 Å². The Hall–Kier alpha value is -2.08. The second-order valence-electron chi connectivity index (χ2n) is 5.60. The number of ether oxygens (including phenoxy) is 1. The Balaban J connectivity index is 1.57. The summed E-state index contributed by atoms with van der Waals surface area (Å²) in [4.78, 5) is 27.9. The number of nitrogens with one attached hydrogen (secondary N) is 1. The molecule has 22 heavy (non-hydrogen) atoms. The Bertz CT molecular complexity index is 532. The lowest BCUT2D eigenvalue weighted by Gasteiger charge is -2.26. The van der Waals surface area contributed by atoms with Gasteiger partial charge in [0, 0.05) is 37.6 Å². The van der Waals surface area contributed by atoms with Gasteiger partial charge in [0.15, 0.2) is 0 Å². The van der Waals surface area contributed by atoms with E-state index >= 15 is 0 Å². The standard InChI is InChI=1S/C16H21N3O3/c20-15(16(21)19-9-11-22-12-10-19)17-13-3-5-14(6-4-13)18-7-1-2-8-18/h3-6H,1-2,7-12H2,(H,17,20). The summed E-state index contributed by atoms with van der Waals surface area (Å²) in [7, 11) is 0. The summed E-state index contributed by atoms with van der Waals surface area (Å²) in [5.41, 5.74) is 1.81. The minimum atomic E-state index is -0.587. The van der Waals surface area contributed by atoms with Gasteiger partial charge in [-0.25, -0.2) is 0 Å². The van der Waals surface area contributed by atoms with Crippen molar-refractivity contribution in [1.29, 1.82) is 0 Å². The van der Waals surface area contributed by atoms with E-state index in [1.807, 2.05) is 24.3 Å². The highest BCUT2D eigenvalue weighted by Crippen LogP contribution is 2.22. The zero-order valence-electron chi connectivity index (χ0n) is 12.6. The molecule has 0 bridgehead atoms. The third kappa shape index (κ3) is 3.39. The molecule has 0 spiro atoms. The lowest BCUT2D eigenvalue weighted by atomic mass is 10.2. The summed E-state index contributed by atoms with van der Waals surface area (Å²) in [5.74, 6) is -1.08. The zero-order valence-corrected chi connectivity index (χ0v) is 12.6. The van der Waals surface area contributed by atoms with E-state index in [-0.39, 0.29) is 0 Å². The van der Waals surface area contributed by atoms with E-state index in [9.17, 15) is 9.59 Å².